The number of fused-ring (bicyclic) bond motifs is 5. The van der Waals surface area contributed by atoms with E-state index >= 15 is 0 Å². The molecule has 0 saturated heterocycles. The van der Waals surface area contributed by atoms with E-state index in [9.17, 15) is 0 Å². The van der Waals surface area contributed by atoms with Crippen molar-refractivity contribution in [2.75, 3.05) is 24.5 Å². The maximum atomic E-state index is 8.91. The minimum atomic E-state index is -0.757. The zero-order valence-corrected chi connectivity index (χ0v) is 90.9. The van der Waals surface area contributed by atoms with Crippen LogP contribution in [0.15, 0.2) is 373 Å². The van der Waals surface area contributed by atoms with Gasteiger partial charge in [0.25, 0.3) is 0 Å². The molecule has 11 aromatic rings. The molecule has 2 fully saturated rings. The van der Waals surface area contributed by atoms with Gasteiger partial charge in [0, 0.05) is 90.6 Å². The molecular formula is C134H156N10. The van der Waals surface area contributed by atoms with Crippen molar-refractivity contribution in [1.82, 2.24) is 24.5 Å². The molecule has 8 unspecified atom stereocenters. The minimum Gasteiger partial charge on any atom is -0.339 e. The van der Waals surface area contributed by atoms with Crippen LogP contribution in [0.3, 0.4) is 0 Å². The predicted octanol–water partition coefficient (Wildman–Crippen LogP) is 33.6. The first kappa shape index (κ1) is 98.2. The Morgan fingerprint density at radius 2 is 0.528 bits per heavy atom. The van der Waals surface area contributed by atoms with Crippen LogP contribution in [0.25, 0.3) is 0 Å². The van der Waals surface area contributed by atoms with Crippen LogP contribution in [0.1, 0.15) is 280 Å². The summed E-state index contributed by atoms with van der Waals surface area (Å²) in [5.74, 6) is 1.44. The Kier molecular flexibility index (Phi) is 26.9. The van der Waals surface area contributed by atoms with Crippen LogP contribution < -0.4 is 24.5 Å². The standard InChI is InChI=1S/C30H32N2.C29H36N2.C28H34N2.C24H28N2.C23H26N2/c1-22-14-12-13-19-26(22)31-23(2)27-20-21-30(24-15-8-6-9-16-24,25-17-10-7-11-18-25)32(27)28(31)29(3,4)5;1-20-12-9-10-17-25(20)30-23(4)26-18-19-29(5,24-15-7-6-8-16-24)31(26)28(30)27-21(2)13-11-14-22(27)3;1-19-11-6-9-16-24(19)29-22(4)25-17-18-28(5,23-14-7-8-15-23)30(25)27(29)26-20(2)12-10-13-21(26)3;1-16-10-7-8-13-20(16)25-19(4)21-14-15-24(5,6)26(21)23(25)22-17(2)11-9-12-18(22)3;1-15-9-6-7-12-20(15)25-19(5)21-14-13-18(4)24(21)23(25)22-16(2)10-8-11-17(22)3/h6-21,28H,1-5H3;9-14,17-19,24,28H,6-8,15-16H2,1-5H3;6,9-13,16-18,23,27H,7-8,14-15H2,1-5H3;7-15,23H,1-6H3;6-14,18,23H,1-5H3/i;;;;18D. The topological polar surface area (TPSA) is 32.4 Å². The van der Waals surface area contributed by atoms with Crippen molar-refractivity contribution < 1.29 is 1.37 Å². The second kappa shape index (κ2) is 39.4. The average Bonchev–Trinajstić information content (AvgIpc) is 1.55. The normalized spacial score (nSPS) is 23.7. The molecule has 23 rings (SSSR count). The van der Waals surface area contributed by atoms with Crippen molar-refractivity contribution in [3.63, 3.8) is 0 Å². The highest BCUT2D eigenvalue weighted by Crippen LogP contribution is 2.61. The van der Waals surface area contributed by atoms with Crippen molar-refractivity contribution in [3.05, 3.63) is 478 Å². The van der Waals surface area contributed by atoms with Gasteiger partial charge in [-0.25, -0.2) is 0 Å². The van der Waals surface area contributed by atoms with Gasteiger partial charge in [0.1, 0.15) is 36.4 Å². The number of nitrogens with zero attached hydrogens (tertiary/aromatic N) is 10. The summed E-state index contributed by atoms with van der Waals surface area (Å²) in [7, 11) is 0. The van der Waals surface area contributed by atoms with Crippen molar-refractivity contribution in [2.24, 2.45) is 17.3 Å². The van der Waals surface area contributed by atoms with E-state index in [0.29, 0.717) is 5.92 Å². The van der Waals surface area contributed by atoms with Crippen LogP contribution >= 0.6 is 0 Å². The molecular weight excluding hydrogens is 1750 g/mol. The van der Waals surface area contributed by atoms with Gasteiger partial charge in [0.05, 0.1) is 46.5 Å². The summed E-state index contributed by atoms with van der Waals surface area (Å²) in [6.07, 6.45) is 36.3. The number of anilines is 5. The molecule has 8 atom stereocenters. The van der Waals surface area contributed by atoms with Gasteiger partial charge in [-0.3, -0.25) is 0 Å². The number of hydrogen-bond donors (Lipinski definition) is 0. The van der Waals surface area contributed by atoms with Crippen LogP contribution in [0, 0.1) is 107 Å². The average molecular weight is 1910 g/mol. The zero-order valence-electron chi connectivity index (χ0n) is 91.9. The molecule has 0 radical (unpaired) electrons. The molecule has 2 aliphatic carbocycles. The lowest BCUT2D eigenvalue weighted by molar-refractivity contribution is 0.0863. The summed E-state index contributed by atoms with van der Waals surface area (Å²) in [6, 6.07) is 91.5. The van der Waals surface area contributed by atoms with Crippen molar-refractivity contribution in [2.45, 2.75) is 297 Å². The van der Waals surface area contributed by atoms with Gasteiger partial charge in [-0.15, -0.1) is 0 Å². The first-order valence-corrected chi connectivity index (χ1v) is 53.4. The molecule has 0 bridgehead atoms. The first-order valence-electron chi connectivity index (χ1n) is 53.9. The van der Waals surface area contributed by atoms with E-state index < -0.39 is 6.02 Å². The maximum absolute atomic E-state index is 8.91. The highest BCUT2D eigenvalue weighted by Gasteiger charge is 2.58. The van der Waals surface area contributed by atoms with Gasteiger partial charge >= 0.3 is 0 Å². The summed E-state index contributed by atoms with van der Waals surface area (Å²) in [6.45, 7) is 59.0. The summed E-state index contributed by atoms with van der Waals surface area (Å²) in [4.78, 5) is 25.8. The molecule has 742 valence electrons. The van der Waals surface area contributed by atoms with E-state index in [4.69, 9.17) is 1.37 Å². The molecule has 10 heteroatoms. The number of aryl methyl sites for hydroxylation is 13. The molecule has 0 aromatic heterocycles. The first-order chi connectivity index (χ1) is 69.4. The highest BCUT2D eigenvalue weighted by molar-refractivity contribution is 5.72. The second-order valence-corrected chi connectivity index (χ2v) is 45.2. The SMILES string of the molecule is CC1=C2C=CC(C)(C)N2C(c2c(C)cccc2C)N1c1ccccc1C.CC1=C2C=CC(C)(C3CCCC3)N2C(c2c(C)cccc2C)N1c1ccccc1C.CC1=C2C=CC(C)(C3CCCCC3)N2C(c2c(C)cccc2C)N1c1ccccc1C.CC1=C2C=CC(c3ccccc3)(c3ccccc3)N2C(C(C)(C)C)N1c1ccccc1C.[2H]C1(C)C=CC2=C(C)N(c3ccccc3C)C(c3c(C)cccc3C)N21. The van der Waals surface area contributed by atoms with E-state index in [2.05, 4.69) is 532 Å². The largest absolute Gasteiger partial charge is 0.339 e. The van der Waals surface area contributed by atoms with E-state index in [0.717, 1.165) is 11.6 Å². The van der Waals surface area contributed by atoms with Gasteiger partial charge in [-0.1, -0.05) is 302 Å². The fourth-order valence-electron chi connectivity index (χ4n) is 27.0. The molecule has 144 heavy (non-hydrogen) atoms. The lowest BCUT2D eigenvalue weighted by Crippen LogP contribution is -2.56. The van der Waals surface area contributed by atoms with E-state index in [-0.39, 0.29) is 58.4 Å². The third kappa shape index (κ3) is 17.0. The van der Waals surface area contributed by atoms with Gasteiger partial charge in [-0.05, 0) is 347 Å². The predicted molar refractivity (Wildman–Crippen MR) is 607 cm³/mol. The molecule has 0 N–H and O–H groups in total. The molecule has 12 aliphatic rings. The number of benzene rings is 11. The molecule has 10 heterocycles. The van der Waals surface area contributed by atoms with Crippen molar-refractivity contribution in [1.29, 1.82) is 0 Å². The van der Waals surface area contributed by atoms with E-state index in [1.165, 1.54) is 243 Å². The summed E-state index contributed by atoms with van der Waals surface area (Å²) in [5, 5.41) is 0. The van der Waals surface area contributed by atoms with Gasteiger partial charge < -0.3 is 49.0 Å². The van der Waals surface area contributed by atoms with E-state index in [1.807, 2.05) is 13.0 Å². The number of para-hydroxylation sites is 5. The summed E-state index contributed by atoms with van der Waals surface area (Å²) in [5.41, 5.74) is 45.0. The number of hydrogen-bond acceptors (Lipinski definition) is 10. The molecule has 2 saturated carbocycles. The fourth-order valence-corrected chi connectivity index (χ4v) is 27.0. The lowest BCUT2D eigenvalue weighted by Gasteiger charge is -2.50. The van der Waals surface area contributed by atoms with Gasteiger partial charge in [-0.2, -0.15) is 0 Å². The van der Waals surface area contributed by atoms with E-state index in [1.54, 1.807) is 0 Å². The number of rotatable bonds is 13. The third-order valence-corrected chi connectivity index (χ3v) is 34.5. The Morgan fingerprint density at radius 1 is 0.264 bits per heavy atom. The summed E-state index contributed by atoms with van der Waals surface area (Å²) >= 11 is 0. The molecule has 10 aliphatic heterocycles. The Labute approximate surface area is 865 Å². The minimum absolute atomic E-state index is 0.00607. The maximum Gasteiger partial charge on any atom is 0.133 e. The Morgan fingerprint density at radius 3 is 0.875 bits per heavy atom. The molecule has 0 spiro atoms. The highest BCUT2D eigenvalue weighted by atomic mass is 15.5. The molecule has 11 aromatic carbocycles. The summed E-state index contributed by atoms with van der Waals surface area (Å²) < 4.78 is 8.91. The molecule has 0 amide bonds. The fraction of sp³-hybridized carbons (Fsp3) is 0.358. The van der Waals surface area contributed by atoms with Crippen LogP contribution in [0.2, 0.25) is 0 Å². The zero-order chi connectivity index (χ0) is 103. The van der Waals surface area contributed by atoms with Gasteiger partial charge in [0.15, 0.2) is 0 Å². The third-order valence-electron chi connectivity index (χ3n) is 34.5. The quantitative estimate of drug-likeness (QED) is 0.111. The monoisotopic (exact) mass is 1910 g/mol. The van der Waals surface area contributed by atoms with Crippen LogP contribution in [-0.4, -0.2) is 53.3 Å². The van der Waals surface area contributed by atoms with Crippen LogP contribution in [-0.2, 0) is 5.54 Å². The van der Waals surface area contributed by atoms with Gasteiger partial charge in [0.2, 0.25) is 0 Å². The van der Waals surface area contributed by atoms with Crippen molar-refractivity contribution in [3.8, 4) is 0 Å². The molecule has 10 nitrogen and oxygen atoms in total. The lowest BCUT2D eigenvalue weighted by atomic mass is 9.75. The Bertz CT molecular complexity index is 6830. The van der Waals surface area contributed by atoms with Crippen molar-refractivity contribution >= 4 is 28.4 Å². The van der Waals surface area contributed by atoms with Crippen LogP contribution in [0.4, 0.5) is 28.4 Å². The Balaban J connectivity index is 0.000000115. The number of allylic oxidation sites excluding steroid dienone is 10. The Hall–Kier alpha value is -13.2. The smallest absolute Gasteiger partial charge is 0.133 e. The van der Waals surface area contributed by atoms with Crippen LogP contribution in [0.5, 0.6) is 0 Å². The second-order valence-electron chi connectivity index (χ2n) is 45.2.